The third-order valence-corrected chi connectivity index (χ3v) is 4.43. The second-order valence-electron chi connectivity index (χ2n) is 4.68. The molecule has 5 heteroatoms. The summed E-state index contributed by atoms with van der Waals surface area (Å²) in [6.45, 7) is 0. The zero-order chi connectivity index (χ0) is 14.3. The number of halogens is 3. The quantitative estimate of drug-likeness (QED) is 0.779. The van der Waals surface area contributed by atoms with E-state index in [1.54, 1.807) is 24.3 Å². The highest BCUT2D eigenvalue weighted by Crippen LogP contribution is 2.44. The minimum Gasteiger partial charge on any atom is -0.485 e. The molecule has 0 aliphatic carbocycles. The van der Waals surface area contributed by atoms with E-state index in [1.165, 1.54) is 0 Å². The minimum atomic E-state index is -0.641. The number of fused-ring (bicyclic) bond motifs is 1. The van der Waals surface area contributed by atoms with Gasteiger partial charge in [0.15, 0.2) is 0 Å². The molecule has 0 aromatic heterocycles. The Balaban J connectivity index is 1.99. The second kappa shape index (κ2) is 5.45. The zero-order valence-corrected chi connectivity index (χ0v) is 12.6. The van der Waals surface area contributed by atoms with E-state index in [1.807, 2.05) is 12.1 Å². The summed E-state index contributed by atoms with van der Waals surface area (Å²) in [6.07, 6.45) is -0.560. The van der Waals surface area contributed by atoms with Crippen LogP contribution in [0.1, 0.15) is 29.8 Å². The minimum absolute atomic E-state index is 0.329. The first-order valence-corrected chi connectivity index (χ1v) is 7.27. The van der Waals surface area contributed by atoms with E-state index in [9.17, 15) is 5.11 Å². The van der Waals surface area contributed by atoms with Gasteiger partial charge in [0.2, 0.25) is 0 Å². The van der Waals surface area contributed by atoms with Crippen molar-refractivity contribution in [1.82, 2.24) is 0 Å². The van der Waals surface area contributed by atoms with Crippen LogP contribution in [0.4, 0.5) is 0 Å². The summed E-state index contributed by atoms with van der Waals surface area (Å²) >= 11 is 18.2. The molecule has 1 N–H and O–H groups in total. The number of aliphatic hydroxyl groups excluding tert-OH is 1. The smallest absolute Gasteiger partial charge is 0.128 e. The Bertz CT molecular complexity index is 658. The molecule has 1 aliphatic rings. The molecule has 2 nitrogen and oxygen atoms in total. The standard InChI is InChI=1S/C15H11Cl3O2/c16-8-4-5-13-10(6-8)12(19)7-14(20-13)9-2-1-3-11(17)15(9)18/h1-6,12,14,19H,7H2/t12-,14?/m1/s1. The number of aliphatic hydroxyl groups is 1. The fourth-order valence-electron chi connectivity index (χ4n) is 2.38. The molecule has 0 amide bonds. The van der Waals surface area contributed by atoms with Crippen molar-refractivity contribution < 1.29 is 9.84 Å². The van der Waals surface area contributed by atoms with Crippen LogP contribution in [0, 0.1) is 0 Å². The lowest BCUT2D eigenvalue weighted by atomic mass is 9.95. The number of ether oxygens (including phenoxy) is 1. The van der Waals surface area contributed by atoms with Gasteiger partial charge < -0.3 is 9.84 Å². The Morgan fingerprint density at radius 1 is 1.05 bits per heavy atom. The molecule has 0 saturated heterocycles. The molecule has 3 rings (SSSR count). The van der Waals surface area contributed by atoms with Gasteiger partial charge in [0.1, 0.15) is 11.9 Å². The molecular weight excluding hydrogens is 319 g/mol. The van der Waals surface area contributed by atoms with Crippen LogP contribution in [0.25, 0.3) is 0 Å². The molecule has 0 saturated carbocycles. The topological polar surface area (TPSA) is 29.5 Å². The summed E-state index contributed by atoms with van der Waals surface area (Å²) in [5.74, 6) is 0.620. The molecule has 2 aromatic rings. The Morgan fingerprint density at radius 3 is 2.65 bits per heavy atom. The van der Waals surface area contributed by atoms with Crippen molar-refractivity contribution in [3.8, 4) is 5.75 Å². The lowest BCUT2D eigenvalue weighted by molar-refractivity contribution is 0.0658. The van der Waals surface area contributed by atoms with E-state index < -0.39 is 6.10 Å². The van der Waals surface area contributed by atoms with Gasteiger partial charge in [0, 0.05) is 22.6 Å². The Morgan fingerprint density at radius 2 is 1.85 bits per heavy atom. The maximum atomic E-state index is 10.3. The van der Waals surface area contributed by atoms with Crippen LogP contribution in [-0.2, 0) is 0 Å². The summed E-state index contributed by atoms with van der Waals surface area (Å²) in [6, 6.07) is 10.6. The van der Waals surface area contributed by atoms with E-state index >= 15 is 0 Å². The van der Waals surface area contributed by atoms with Crippen LogP contribution in [0.5, 0.6) is 5.75 Å². The van der Waals surface area contributed by atoms with Crippen molar-refractivity contribution in [2.75, 3.05) is 0 Å². The lowest BCUT2D eigenvalue weighted by Gasteiger charge is -2.30. The monoisotopic (exact) mass is 328 g/mol. The van der Waals surface area contributed by atoms with Gasteiger partial charge in [-0.15, -0.1) is 0 Å². The maximum absolute atomic E-state index is 10.3. The second-order valence-corrected chi connectivity index (χ2v) is 5.90. The van der Waals surface area contributed by atoms with Gasteiger partial charge in [-0.05, 0) is 24.3 Å². The van der Waals surface area contributed by atoms with Crippen LogP contribution < -0.4 is 4.74 Å². The average Bonchev–Trinajstić information content (AvgIpc) is 2.42. The van der Waals surface area contributed by atoms with Gasteiger partial charge in [-0.3, -0.25) is 0 Å². The van der Waals surface area contributed by atoms with Crippen molar-refractivity contribution in [2.24, 2.45) is 0 Å². The van der Waals surface area contributed by atoms with Gasteiger partial charge in [-0.25, -0.2) is 0 Å². The molecule has 104 valence electrons. The molecule has 1 heterocycles. The summed E-state index contributed by atoms with van der Waals surface area (Å²) < 4.78 is 5.92. The van der Waals surface area contributed by atoms with E-state index in [0.29, 0.717) is 32.8 Å². The van der Waals surface area contributed by atoms with Gasteiger partial charge in [0.25, 0.3) is 0 Å². The first-order chi connectivity index (χ1) is 9.56. The largest absolute Gasteiger partial charge is 0.485 e. The predicted octanol–water partition coefficient (Wildman–Crippen LogP) is 5.20. The van der Waals surface area contributed by atoms with Gasteiger partial charge in [-0.2, -0.15) is 0 Å². The summed E-state index contributed by atoms with van der Waals surface area (Å²) in [5.41, 5.74) is 1.48. The van der Waals surface area contributed by atoms with Crippen LogP contribution in [-0.4, -0.2) is 5.11 Å². The molecule has 0 radical (unpaired) electrons. The fourth-order valence-corrected chi connectivity index (χ4v) is 2.99. The van der Waals surface area contributed by atoms with Crippen LogP contribution in [0.15, 0.2) is 36.4 Å². The lowest BCUT2D eigenvalue weighted by Crippen LogP contribution is -2.19. The predicted molar refractivity (Wildman–Crippen MR) is 80.9 cm³/mol. The van der Waals surface area contributed by atoms with Crippen molar-refractivity contribution in [2.45, 2.75) is 18.6 Å². The van der Waals surface area contributed by atoms with Crippen LogP contribution >= 0.6 is 34.8 Å². The third kappa shape index (κ3) is 2.49. The fraction of sp³-hybridized carbons (Fsp3) is 0.200. The van der Waals surface area contributed by atoms with Crippen molar-refractivity contribution in [1.29, 1.82) is 0 Å². The molecule has 0 fully saturated rings. The highest BCUT2D eigenvalue weighted by atomic mass is 35.5. The normalized spacial score (nSPS) is 21.2. The first-order valence-electron chi connectivity index (χ1n) is 6.14. The average molecular weight is 330 g/mol. The Kier molecular flexibility index (Phi) is 3.83. The molecule has 0 spiro atoms. The molecule has 1 aliphatic heterocycles. The van der Waals surface area contributed by atoms with E-state index in [-0.39, 0.29) is 6.10 Å². The highest BCUT2D eigenvalue weighted by Gasteiger charge is 2.29. The first kappa shape index (κ1) is 14.0. The van der Waals surface area contributed by atoms with E-state index in [2.05, 4.69) is 0 Å². The van der Waals surface area contributed by atoms with Crippen molar-refractivity contribution >= 4 is 34.8 Å². The highest BCUT2D eigenvalue weighted by molar-refractivity contribution is 6.42. The third-order valence-electron chi connectivity index (χ3n) is 3.37. The SMILES string of the molecule is O[C@@H]1CC(c2cccc(Cl)c2Cl)Oc2ccc(Cl)cc21. The molecule has 1 unspecified atom stereocenters. The summed E-state index contributed by atoms with van der Waals surface area (Å²) in [4.78, 5) is 0. The molecule has 20 heavy (non-hydrogen) atoms. The number of benzene rings is 2. The van der Waals surface area contributed by atoms with Crippen LogP contribution in [0.3, 0.4) is 0 Å². The Labute approximate surface area is 131 Å². The molecule has 2 atom stereocenters. The Hall–Kier alpha value is -0.930. The maximum Gasteiger partial charge on any atom is 0.128 e. The number of hydrogen-bond acceptors (Lipinski definition) is 2. The van der Waals surface area contributed by atoms with Crippen molar-refractivity contribution in [3.05, 3.63) is 62.6 Å². The summed E-state index contributed by atoms with van der Waals surface area (Å²) in [5, 5.41) is 11.8. The number of rotatable bonds is 1. The molecule has 0 bridgehead atoms. The van der Waals surface area contributed by atoms with Crippen molar-refractivity contribution in [3.63, 3.8) is 0 Å². The van der Waals surface area contributed by atoms with Crippen LogP contribution in [0.2, 0.25) is 15.1 Å². The van der Waals surface area contributed by atoms with Gasteiger partial charge in [0.05, 0.1) is 16.1 Å². The van der Waals surface area contributed by atoms with E-state index in [4.69, 9.17) is 39.5 Å². The zero-order valence-electron chi connectivity index (χ0n) is 10.3. The number of hydrogen-bond donors (Lipinski definition) is 1. The van der Waals surface area contributed by atoms with E-state index in [0.717, 1.165) is 5.56 Å². The van der Waals surface area contributed by atoms with Gasteiger partial charge >= 0.3 is 0 Å². The molecule has 2 aromatic carbocycles. The summed E-state index contributed by atoms with van der Waals surface area (Å²) in [7, 11) is 0. The molecular formula is C15H11Cl3O2. The van der Waals surface area contributed by atoms with Gasteiger partial charge in [-0.1, -0.05) is 46.9 Å².